The zero-order chi connectivity index (χ0) is 11.6. The maximum atomic E-state index is 8.63. The van der Waals surface area contributed by atoms with Crippen molar-refractivity contribution in [1.82, 2.24) is 0 Å². The number of benzene rings is 1. The molecule has 16 heavy (non-hydrogen) atoms. The summed E-state index contributed by atoms with van der Waals surface area (Å²) in [6, 6.07) is 9.89. The van der Waals surface area contributed by atoms with Crippen molar-refractivity contribution in [2.24, 2.45) is 0 Å². The van der Waals surface area contributed by atoms with E-state index < -0.39 is 5.79 Å². The standard InChI is InChI=1S/C12H12BrNO2/c1-12(10-4-2-3-5-11(10)13)15-8-9(16-12)6-7-14/h2-5,9H,6,8H2,1H3. The second-order valence-electron chi connectivity index (χ2n) is 3.84. The Kier molecular flexibility index (Phi) is 3.29. The summed E-state index contributed by atoms with van der Waals surface area (Å²) >= 11 is 3.48. The van der Waals surface area contributed by atoms with Gasteiger partial charge in [0.2, 0.25) is 0 Å². The van der Waals surface area contributed by atoms with E-state index in [1.165, 1.54) is 0 Å². The highest BCUT2D eigenvalue weighted by atomic mass is 79.9. The van der Waals surface area contributed by atoms with Gasteiger partial charge in [0.05, 0.1) is 25.2 Å². The predicted octanol–water partition coefficient (Wildman–Crippen LogP) is 2.95. The van der Waals surface area contributed by atoms with Gasteiger partial charge < -0.3 is 9.47 Å². The van der Waals surface area contributed by atoms with Crippen LogP contribution in [0.2, 0.25) is 0 Å². The Morgan fingerprint density at radius 2 is 2.31 bits per heavy atom. The molecular weight excluding hydrogens is 270 g/mol. The number of hydrogen-bond donors (Lipinski definition) is 0. The topological polar surface area (TPSA) is 42.2 Å². The third-order valence-corrected chi connectivity index (χ3v) is 3.31. The van der Waals surface area contributed by atoms with Crippen LogP contribution in [0, 0.1) is 11.3 Å². The fourth-order valence-electron chi connectivity index (χ4n) is 1.81. The number of ether oxygens (including phenoxy) is 2. The van der Waals surface area contributed by atoms with Crippen LogP contribution in [0.3, 0.4) is 0 Å². The molecule has 0 radical (unpaired) electrons. The molecule has 0 amide bonds. The van der Waals surface area contributed by atoms with Gasteiger partial charge in [-0.3, -0.25) is 0 Å². The second kappa shape index (κ2) is 4.54. The molecule has 0 aliphatic carbocycles. The van der Waals surface area contributed by atoms with Gasteiger partial charge in [0.15, 0.2) is 5.79 Å². The summed E-state index contributed by atoms with van der Waals surface area (Å²) in [5, 5.41) is 8.63. The predicted molar refractivity (Wildman–Crippen MR) is 62.5 cm³/mol. The number of halogens is 1. The molecule has 2 rings (SSSR count). The molecule has 1 fully saturated rings. The van der Waals surface area contributed by atoms with E-state index >= 15 is 0 Å². The van der Waals surface area contributed by atoms with Gasteiger partial charge in [-0.05, 0) is 13.0 Å². The Bertz CT molecular complexity index is 429. The summed E-state index contributed by atoms with van der Waals surface area (Å²) in [6.07, 6.45) is 0.224. The lowest BCUT2D eigenvalue weighted by molar-refractivity contribution is -0.161. The van der Waals surface area contributed by atoms with Crippen molar-refractivity contribution in [2.45, 2.75) is 25.2 Å². The monoisotopic (exact) mass is 281 g/mol. The smallest absolute Gasteiger partial charge is 0.193 e. The maximum Gasteiger partial charge on any atom is 0.193 e. The van der Waals surface area contributed by atoms with E-state index in [1.54, 1.807) is 0 Å². The number of nitriles is 1. The summed E-state index contributed by atoms with van der Waals surface area (Å²) < 4.78 is 12.4. The Labute approximate surface area is 103 Å². The van der Waals surface area contributed by atoms with Crippen molar-refractivity contribution in [3.63, 3.8) is 0 Å². The van der Waals surface area contributed by atoms with Crippen LogP contribution < -0.4 is 0 Å². The molecule has 2 atom stereocenters. The fourth-order valence-corrected chi connectivity index (χ4v) is 2.46. The first-order chi connectivity index (χ1) is 7.65. The van der Waals surface area contributed by atoms with Crippen LogP contribution in [0.5, 0.6) is 0 Å². The summed E-state index contributed by atoms with van der Waals surface area (Å²) in [7, 11) is 0. The SMILES string of the molecule is CC1(c2ccccc2Br)OCC(CC#N)O1. The van der Waals surface area contributed by atoms with Crippen molar-refractivity contribution < 1.29 is 9.47 Å². The lowest BCUT2D eigenvalue weighted by Gasteiger charge is -2.24. The molecule has 0 bridgehead atoms. The minimum Gasteiger partial charge on any atom is -0.343 e. The van der Waals surface area contributed by atoms with Crippen LogP contribution in [0.25, 0.3) is 0 Å². The first kappa shape index (κ1) is 11.6. The zero-order valence-corrected chi connectivity index (χ0v) is 10.5. The molecule has 4 heteroatoms. The van der Waals surface area contributed by atoms with Crippen LogP contribution in [0.4, 0.5) is 0 Å². The first-order valence-corrected chi connectivity index (χ1v) is 5.89. The molecule has 0 saturated carbocycles. The van der Waals surface area contributed by atoms with Gasteiger partial charge in [-0.25, -0.2) is 0 Å². The summed E-state index contributed by atoms with van der Waals surface area (Å²) in [6.45, 7) is 2.34. The molecule has 84 valence electrons. The number of hydrogen-bond acceptors (Lipinski definition) is 3. The van der Waals surface area contributed by atoms with Crippen molar-refractivity contribution in [2.75, 3.05) is 6.61 Å². The van der Waals surface area contributed by atoms with Crippen LogP contribution in [-0.2, 0) is 15.3 Å². The van der Waals surface area contributed by atoms with E-state index in [9.17, 15) is 0 Å². The van der Waals surface area contributed by atoms with E-state index in [0.717, 1.165) is 10.0 Å². The molecule has 1 aromatic carbocycles. The molecule has 3 nitrogen and oxygen atoms in total. The third-order valence-electron chi connectivity index (χ3n) is 2.62. The van der Waals surface area contributed by atoms with Gasteiger partial charge in [-0.1, -0.05) is 34.1 Å². The molecule has 1 heterocycles. The van der Waals surface area contributed by atoms with Crippen LogP contribution in [-0.4, -0.2) is 12.7 Å². The van der Waals surface area contributed by atoms with Gasteiger partial charge in [-0.2, -0.15) is 5.26 Å². The quantitative estimate of drug-likeness (QED) is 0.837. The molecule has 1 saturated heterocycles. The van der Waals surface area contributed by atoms with E-state index in [2.05, 4.69) is 22.0 Å². The summed E-state index contributed by atoms with van der Waals surface area (Å²) in [5.74, 6) is -0.748. The highest BCUT2D eigenvalue weighted by Gasteiger charge is 2.39. The highest BCUT2D eigenvalue weighted by Crippen LogP contribution is 2.38. The van der Waals surface area contributed by atoms with E-state index in [4.69, 9.17) is 14.7 Å². The van der Waals surface area contributed by atoms with E-state index in [0.29, 0.717) is 13.0 Å². The Hall–Kier alpha value is -0.890. The average molecular weight is 282 g/mol. The summed E-state index contributed by atoms with van der Waals surface area (Å²) in [5.41, 5.74) is 0.954. The first-order valence-electron chi connectivity index (χ1n) is 5.09. The van der Waals surface area contributed by atoms with E-state index in [-0.39, 0.29) is 6.10 Å². The molecule has 1 aliphatic rings. The van der Waals surface area contributed by atoms with Gasteiger partial charge in [0.1, 0.15) is 0 Å². The van der Waals surface area contributed by atoms with Crippen molar-refractivity contribution in [3.05, 3.63) is 34.3 Å². The molecule has 0 spiro atoms. The van der Waals surface area contributed by atoms with Crippen molar-refractivity contribution in [3.8, 4) is 6.07 Å². The highest BCUT2D eigenvalue weighted by molar-refractivity contribution is 9.10. The minimum atomic E-state index is -0.748. The molecule has 1 aromatic rings. The Morgan fingerprint density at radius 1 is 1.56 bits per heavy atom. The van der Waals surface area contributed by atoms with E-state index in [1.807, 2.05) is 31.2 Å². The largest absolute Gasteiger partial charge is 0.343 e. The van der Waals surface area contributed by atoms with Crippen molar-refractivity contribution in [1.29, 1.82) is 5.26 Å². The van der Waals surface area contributed by atoms with Crippen LogP contribution in [0.1, 0.15) is 18.9 Å². The lowest BCUT2D eigenvalue weighted by Crippen LogP contribution is -2.24. The fraction of sp³-hybridized carbons (Fsp3) is 0.417. The molecule has 0 N–H and O–H groups in total. The molecule has 2 unspecified atom stereocenters. The number of rotatable bonds is 2. The molecular formula is C12H12BrNO2. The number of nitrogens with zero attached hydrogens (tertiary/aromatic N) is 1. The summed E-state index contributed by atoms with van der Waals surface area (Å²) in [4.78, 5) is 0. The second-order valence-corrected chi connectivity index (χ2v) is 4.69. The van der Waals surface area contributed by atoms with Gasteiger partial charge >= 0.3 is 0 Å². The Morgan fingerprint density at radius 3 is 3.00 bits per heavy atom. The van der Waals surface area contributed by atoms with Crippen LogP contribution in [0.15, 0.2) is 28.7 Å². The third kappa shape index (κ3) is 2.12. The minimum absolute atomic E-state index is 0.137. The maximum absolute atomic E-state index is 8.63. The van der Waals surface area contributed by atoms with Gasteiger partial charge in [0.25, 0.3) is 0 Å². The van der Waals surface area contributed by atoms with Crippen molar-refractivity contribution >= 4 is 15.9 Å². The molecule has 0 aromatic heterocycles. The average Bonchev–Trinajstić information content (AvgIpc) is 2.62. The molecule has 1 aliphatic heterocycles. The zero-order valence-electron chi connectivity index (χ0n) is 8.94. The Balaban J connectivity index is 2.22. The van der Waals surface area contributed by atoms with Gasteiger partial charge in [-0.15, -0.1) is 0 Å². The normalized spacial score (nSPS) is 28.9. The lowest BCUT2D eigenvalue weighted by atomic mass is 10.1. The van der Waals surface area contributed by atoms with Gasteiger partial charge in [0, 0.05) is 10.0 Å². The van der Waals surface area contributed by atoms with Crippen LogP contribution >= 0.6 is 15.9 Å².